The second kappa shape index (κ2) is 7.10. The first-order valence-corrected chi connectivity index (χ1v) is 9.86. The van der Waals surface area contributed by atoms with Crippen molar-refractivity contribution >= 4 is 17.2 Å². The Kier molecular flexibility index (Phi) is 4.82. The van der Waals surface area contributed by atoms with Crippen molar-refractivity contribution in [3.05, 3.63) is 51.5 Å². The number of carbonyl (C=O) groups is 1. The molecule has 0 aliphatic carbocycles. The van der Waals surface area contributed by atoms with Gasteiger partial charge in [0.1, 0.15) is 5.60 Å². The Morgan fingerprint density at radius 3 is 2.85 bits per heavy atom. The van der Waals surface area contributed by atoms with Crippen LogP contribution in [0, 0.1) is 19.8 Å². The lowest BCUT2D eigenvalue weighted by Gasteiger charge is -2.50. The maximum Gasteiger partial charge on any atom is 0.264 e. The molecule has 26 heavy (non-hydrogen) atoms. The van der Waals surface area contributed by atoms with Crippen LogP contribution in [0.2, 0.25) is 0 Å². The minimum Gasteiger partial charge on any atom is -0.376 e. The quantitative estimate of drug-likeness (QED) is 0.809. The average molecular weight is 372 g/mol. The summed E-state index contributed by atoms with van der Waals surface area (Å²) in [4.78, 5) is 20.7. The highest BCUT2D eigenvalue weighted by Gasteiger charge is 2.54. The monoisotopic (exact) mass is 372 g/mol. The molecule has 1 atom stereocenters. The SMILES string of the molecule is Cc1cc(C(=O)N2CC3(C2)OCCC3COCc2ccncc2)sc1C. The van der Waals surface area contributed by atoms with E-state index in [4.69, 9.17) is 9.47 Å². The van der Waals surface area contributed by atoms with Crippen LogP contribution in [0.4, 0.5) is 0 Å². The fraction of sp³-hybridized carbons (Fsp3) is 0.500. The number of rotatable bonds is 5. The lowest BCUT2D eigenvalue weighted by molar-refractivity contribution is -0.128. The van der Waals surface area contributed by atoms with Crippen LogP contribution in [0.3, 0.4) is 0 Å². The van der Waals surface area contributed by atoms with Gasteiger partial charge in [0.15, 0.2) is 0 Å². The smallest absolute Gasteiger partial charge is 0.264 e. The molecule has 0 saturated carbocycles. The molecule has 0 bridgehead atoms. The summed E-state index contributed by atoms with van der Waals surface area (Å²) in [6.07, 6.45) is 4.56. The van der Waals surface area contributed by atoms with Gasteiger partial charge < -0.3 is 14.4 Å². The van der Waals surface area contributed by atoms with Crippen LogP contribution in [0.1, 0.15) is 32.1 Å². The molecule has 1 spiro atoms. The molecule has 4 rings (SSSR count). The fourth-order valence-corrected chi connectivity index (χ4v) is 4.75. The van der Waals surface area contributed by atoms with E-state index in [9.17, 15) is 4.79 Å². The molecule has 2 aliphatic heterocycles. The predicted octanol–water partition coefficient (Wildman–Crippen LogP) is 3.21. The predicted molar refractivity (Wildman–Crippen MR) is 100 cm³/mol. The zero-order valence-electron chi connectivity index (χ0n) is 15.2. The second-order valence-corrected chi connectivity index (χ2v) is 8.54. The highest BCUT2D eigenvalue weighted by Crippen LogP contribution is 2.41. The summed E-state index contributed by atoms with van der Waals surface area (Å²) in [5, 5.41) is 0. The summed E-state index contributed by atoms with van der Waals surface area (Å²) in [7, 11) is 0. The van der Waals surface area contributed by atoms with Crippen molar-refractivity contribution in [1.82, 2.24) is 9.88 Å². The Hall–Kier alpha value is -1.76. The molecule has 2 fully saturated rings. The molecule has 4 heterocycles. The summed E-state index contributed by atoms with van der Waals surface area (Å²) in [6.45, 7) is 7.47. The van der Waals surface area contributed by atoms with Crippen LogP contribution < -0.4 is 0 Å². The third-order valence-electron chi connectivity index (χ3n) is 5.52. The number of thiophene rings is 1. The number of hydrogen-bond acceptors (Lipinski definition) is 5. The van der Waals surface area contributed by atoms with Gasteiger partial charge in [-0.05, 0) is 49.6 Å². The van der Waals surface area contributed by atoms with Gasteiger partial charge in [0, 0.05) is 29.8 Å². The van der Waals surface area contributed by atoms with E-state index >= 15 is 0 Å². The highest BCUT2D eigenvalue weighted by atomic mass is 32.1. The maximum atomic E-state index is 12.7. The number of pyridine rings is 1. The number of amides is 1. The van der Waals surface area contributed by atoms with Crippen LogP contribution in [0.5, 0.6) is 0 Å². The van der Waals surface area contributed by atoms with Crippen molar-refractivity contribution in [2.75, 3.05) is 26.3 Å². The molecule has 0 radical (unpaired) electrons. The molecule has 6 heteroatoms. The number of hydrogen-bond donors (Lipinski definition) is 0. The summed E-state index contributed by atoms with van der Waals surface area (Å²) in [5.41, 5.74) is 2.10. The van der Waals surface area contributed by atoms with E-state index in [0.717, 1.165) is 23.5 Å². The highest BCUT2D eigenvalue weighted by molar-refractivity contribution is 7.14. The molecule has 2 saturated heterocycles. The van der Waals surface area contributed by atoms with Crippen molar-refractivity contribution < 1.29 is 14.3 Å². The van der Waals surface area contributed by atoms with Crippen molar-refractivity contribution in [2.45, 2.75) is 32.5 Å². The number of likely N-dealkylation sites (tertiary alicyclic amines) is 1. The molecule has 0 N–H and O–H groups in total. The Balaban J connectivity index is 1.32. The molecule has 2 aromatic rings. The van der Waals surface area contributed by atoms with Gasteiger partial charge in [0.2, 0.25) is 0 Å². The van der Waals surface area contributed by atoms with Crippen LogP contribution in [0.15, 0.2) is 30.6 Å². The summed E-state index contributed by atoms with van der Waals surface area (Å²) in [6, 6.07) is 5.93. The average Bonchev–Trinajstić information content (AvgIpc) is 3.18. The molecular formula is C20H24N2O3S. The van der Waals surface area contributed by atoms with Gasteiger partial charge in [0.05, 0.1) is 31.2 Å². The van der Waals surface area contributed by atoms with E-state index in [1.54, 1.807) is 23.7 Å². The molecule has 1 unspecified atom stereocenters. The summed E-state index contributed by atoms with van der Waals surface area (Å²) >= 11 is 1.58. The molecule has 2 aromatic heterocycles. The number of ether oxygens (including phenoxy) is 2. The van der Waals surface area contributed by atoms with Gasteiger partial charge in [-0.2, -0.15) is 0 Å². The van der Waals surface area contributed by atoms with Crippen LogP contribution in [-0.4, -0.2) is 47.7 Å². The number of carbonyl (C=O) groups excluding carboxylic acids is 1. The summed E-state index contributed by atoms with van der Waals surface area (Å²) < 4.78 is 12.0. The van der Waals surface area contributed by atoms with Gasteiger partial charge >= 0.3 is 0 Å². The Bertz CT molecular complexity index is 764. The first kappa shape index (κ1) is 17.6. The van der Waals surface area contributed by atoms with Gasteiger partial charge in [-0.15, -0.1) is 11.3 Å². The van der Waals surface area contributed by atoms with Crippen molar-refractivity contribution in [3.8, 4) is 0 Å². The third kappa shape index (κ3) is 3.29. The maximum absolute atomic E-state index is 12.7. The molecule has 138 valence electrons. The van der Waals surface area contributed by atoms with Crippen molar-refractivity contribution in [3.63, 3.8) is 0 Å². The zero-order chi connectivity index (χ0) is 18.1. The lowest BCUT2D eigenvalue weighted by Crippen LogP contribution is -2.66. The van der Waals surface area contributed by atoms with Crippen LogP contribution in [-0.2, 0) is 16.1 Å². The minimum atomic E-state index is -0.213. The van der Waals surface area contributed by atoms with E-state index in [0.29, 0.717) is 32.2 Å². The van der Waals surface area contributed by atoms with E-state index in [1.807, 2.05) is 23.1 Å². The van der Waals surface area contributed by atoms with Crippen LogP contribution >= 0.6 is 11.3 Å². The first-order valence-electron chi connectivity index (χ1n) is 9.04. The molecular weight excluding hydrogens is 348 g/mol. The van der Waals surface area contributed by atoms with E-state index in [2.05, 4.69) is 18.8 Å². The number of nitrogens with zero attached hydrogens (tertiary/aromatic N) is 2. The largest absolute Gasteiger partial charge is 0.376 e. The normalized spacial score (nSPS) is 21.2. The first-order chi connectivity index (χ1) is 12.6. The molecule has 5 nitrogen and oxygen atoms in total. The summed E-state index contributed by atoms with van der Waals surface area (Å²) in [5.74, 6) is 0.476. The topological polar surface area (TPSA) is 51.7 Å². The van der Waals surface area contributed by atoms with Crippen molar-refractivity contribution in [1.29, 1.82) is 0 Å². The van der Waals surface area contributed by atoms with Gasteiger partial charge in [0.25, 0.3) is 5.91 Å². The van der Waals surface area contributed by atoms with Gasteiger partial charge in [-0.25, -0.2) is 0 Å². The molecule has 0 aromatic carbocycles. The van der Waals surface area contributed by atoms with Crippen LogP contribution in [0.25, 0.3) is 0 Å². The Morgan fingerprint density at radius 2 is 2.15 bits per heavy atom. The Labute approximate surface area is 157 Å². The van der Waals surface area contributed by atoms with E-state index < -0.39 is 0 Å². The van der Waals surface area contributed by atoms with Gasteiger partial charge in [-0.3, -0.25) is 9.78 Å². The standard InChI is InChI=1S/C20H24N2O3S/c1-14-9-18(26-15(14)2)19(23)22-12-20(13-22)17(5-8-25-20)11-24-10-16-3-6-21-7-4-16/h3-4,6-7,9,17H,5,8,10-13H2,1-2H3. The minimum absolute atomic E-state index is 0.128. The van der Waals surface area contributed by atoms with Crippen molar-refractivity contribution in [2.24, 2.45) is 5.92 Å². The second-order valence-electron chi connectivity index (χ2n) is 7.28. The lowest BCUT2D eigenvalue weighted by atomic mass is 9.81. The third-order valence-corrected chi connectivity index (χ3v) is 6.66. The van der Waals surface area contributed by atoms with E-state index in [1.165, 1.54) is 10.4 Å². The zero-order valence-corrected chi connectivity index (χ0v) is 16.1. The Morgan fingerprint density at radius 1 is 1.38 bits per heavy atom. The molecule has 1 amide bonds. The van der Waals surface area contributed by atoms with Gasteiger partial charge in [-0.1, -0.05) is 0 Å². The van der Waals surface area contributed by atoms with E-state index in [-0.39, 0.29) is 11.5 Å². The number of aryl methyl sites for hydroxylation is 2. The number of aromatic nitrogens is 1. The fourth-order valence-electron chi connectivity index (χ4n) is 3.75. The molecule has 2 aliphatic rings.